The van der Waals surface area contributed by atoms with Crippen LogP contribution in [0.25, 0.3) is 0 Å². The Bertz CT molecular complexity index is 929. The van der Waals surface area contributed by atoms with Gasteiger partial charge in [0.1, 0.15) is 29.5 Å². The van der Waals surface area contributed by atoms with Gasteiger partial charge in [0.25, 0.3) is 5.91 Å². The van der Waals surface area contributed by atoms with Gasteiger partial charge in [-0.15, -0.1) is 0 Å². The van der Waals surface area contributed by atoms with Crippen molar-refractivity contribution in [1.29, 1.82) is 0 Å². The molecule has 3 rings (SSSR count). The normalized spacial score (nSPS) is 10.4. The fourth-order valence-corrected chi connectivity index (χ4v) is 2.25. The number of halogens is 2. The highest BCUT2D eigenvalue weighted by molar-refractivity contribution is 6.03. The summed E-state index contributed by atoms with van der Waals surface area (Å²) in [5, 5.41) is 5.47. The van der Waals surface area contributed by atoms with Gasteiger partial charge in [0.15, 0.2) is 0 Å². The van der Waals surface area contributed by atoms with Crippen LogP contribution in [0.2, 0.25) is 0 Å². The largest absolute Gasteiger partial charge is 0.366 e. The molecule has 0 aliphatic rings. The number of hydrogen-bond acceptors (Lipinski definition) is 4. The Kier molecular flexibility index (Phi) is 5.17. The SMILES string of the molecule is Cc1ccc(CNc2cc(C(=O)Nc3ccc(F)cc3F)ncn2)cc1. The molecule has 0 bridgehead atoms. The Balaban J connectivity index is 1.67. The van der Waals surface area contributed by atoms with Crippen molar-refractivity contribution in [2.75, 3.05) is 10.6 Å². The van der Waals surface area contributed by atoms with E-state index in [0.717, 1.165) is 17.7 Å². The molecule has 0 saturated carbocycles. The molecule has 1 aromatic heterocycles. The maximum absolute atomic E-state index is 13.6. The van der Waals surface area contributed by atoms with Gasteiger partial charge in [-0.05, 0) is 24.6 Å². The Morgan fingerprint density at radius 3 is 2.54 bits per heavy atom. The zero-order valence-corrected chi connectivity index (χ0v) is 14.0. The second-order valence-corrected chi connectivity index (χ2v) is 5.71. The number of benzene rings is 2. The van der Waals surface area contributed by atoms with Crippen LogP contribution < -0.4 is 10.6 Å². The molecule has 0 aliphatic heterocycles. The van der Waals surface area contributed by atoms with Gasteiger partial charge >= 0.3 is 0 Å². The number of hydrogen-bond donors (Lipinski definition) is 2. The van der Waals surface area contributed by atoms with E-state index in [1.807, 2.05) is 31.2 Å². The summed E-state index contributed by atoms with van der Waals surface area (Å²) in [7, 11) is 0. The molecule has 0 aliphatic carbocycles. The van der Waals surface area contributed by atoms with Crippen LogP contribution in [-0.4, -0.2) is 15.9 Å². The standard InChI is InChI=1S/C19H16F2N4O/c1-12-2-4-13(5-3-12)10-22-18-9-17(23-11-24-18)19(26)25-16-7-6-14(20)8-15(16)21/h2-9,11H,10H2,1H3,(H,25,26)(H,22,23,24). The minimum Gasteiger partial charge on any atom is -0.366 e. The topological polar surface area (TPSA) is 66.9 Å². The number of amides is 1. The minimum atomic E-state index is -0.856. The fourth-order valence-electron chi connectivity index (χ4n) is 2.25. The molecular formula is C19H16F2N4O. The monoisotopic (exact) mass is 354 g/mol. The number of carbonyl (C=O) groups is 1. The third-order valence-corrected chi connectivity index (χ3v) is 3.67. The van der Waals surface area contributed by atoms with Crippen LogP contribution in [0.15, 0.2) is 54.9 Å². The molecule has 2 aromatic carbocycles. The highest BCUT2D eigenvalue weighted by Crippen LogP contribution is 2.16. The molecule has 1 amide bonds. The van der Waals surface area contributed by atoms with Crippen molar-refractivity contribution in [2.24, 2.45) is 0 Å². The first kappa shape index (κ1) is 17.5. The summed E-state index contributed by atoms with van der Waals surface area (Å²) in [5.74, 6) is -1.73. The molecule has 0 spiro atoms. The van der Waals surface area contributed by atoms with Crippen LogP contribution in [0, 0.1) is 18.6 Å². The lowest BCUT2D eigenvalue weighted by atomic mass is 10.1. The molecule has 3 aromatic rings. The predicted octanol–water partition coefficient (Wildman–Crippen LogP) is 3.93. The number of aryl methyl sites for hydroxylation is 1. The summed E-state index contributed by atoms with van der Waals surface area (Å²) in [5.41, 5.74) is 2.18. The highest BCUT2D eigenvalue weighted by Gasteiger charge is 2.12. The van der Waals surface area contributed by atoms with Crippen LogP contribution in [0.4, 0.5) is 20.3 Å². The summed E-state index contributed by atoms with van der Waals surface area (Å²) in [4.78, 5) is 20.2. The minimum absolute atomic E-state index is 0.0649. The van der Waals surface area contributed by atoms with Gasteiger partial charge in [-0.3, -0.25) is 4.79 Å². The summed E-state index contributed by atoms with van der Waals surface area (Å²) in [6, 6.07) is 12.4. The zero-order chi connectivity index (χ0) is 18.5. The van der Waals surface area contributed by atoms with Crippen molar-refractivity contribution in [2.45, 2.75) is 13.5 Å². The van der Waals surface area contributed by atoms with Gasteiger partial charge in [0.05, 0.1) is 5.69 Å². The number of carbonyl (C=O) groups excluding carboxylic acids is 1. The first-order valence-electron chi connectivity index (χ1n) is 7.89. The Morgan fingerprint density at radius 2 is 1.81 bits per heavy atom. The number of rotatable bonds is 5. The quantitative estimate of drug-likeness (QED) is 0.729. The molecule has 132 valence electrons. The molecule has 26 heavy (non-hydrogen) atoms. The first-order valence-corrected chi connectivity index (χ1v) is 7.89. The summed E-state index contributed by atoms with van der Waals surface area (Å²) in [6.45, 7) is 2.54. The van der Waals surface area contributed by atoms with Gasteiger partial charge in [0, 0.05) is 18.7 Å². The van der Waals surface area contributed by atoms with E-state index in [2.05, 4.69) is 20.6 Å². The van der Waals surface area contributed by atoms with Crippen molar-refractivity contribution in [1.82, 2.24) is 9.97 Å². The number of aromatic nitrogens is 2. The second-order valence-electron chi connectivity index (χ2n) is 5.71. The Hall–Kier alpha value is -3.35. The third kappa shape index (κ3) is 4.38. The number of nitrogens with one attached hydrogen (secondary N) is 2. The molecule has 0 saturated heterocycles. The second kappa shape index (κ2) is 7.69. The molecule has 7 heteroatoms. The van der Waals surface area contributed by atoms with Crippen LogP contribution in [-0.2, 0) is 6.54 Å². The zero-order valence-electron chi connectivity index (χ0n) is 14.0. The van der Waals surface area contributed by atoms with E-state index in [1.165, 1.54) is 18.0 Å². The van der Waals surface area contributed by atoms with Gasteiger partial charge in [0.2, 0.25) is 0 Å². The van der Waals surface area contributed by atoms with Gasteiger partial charge < -0.3 is 10.6 Å². The predicted molar refractivity (Wildman–Crippen MR) is 94.8 cm³/mol. The Labute approximate surface area is 149 Å². The maximum Gasteiger partial charge on any atom is 0.274 e. The first-order chi connectivity index (χ1) is 12.5. The van der Waals surface area contributed by atoms with Crippen molar-refractivity contribution in [3.8, 4) is 0 Å². The lowest BCUT2D eigenvalue weighted by molar-refractivity contribution is 0.102. The molecule has 0 radical (unpaired) electrons. The lowest BCUT2D eigenvalue weighted by Gasteiger charge is -2.08. The molecule has 0 atom stereocenters. The molecular weight excluding hydrogens is 338 g/mol. The van der Waals surface area contributed by atoms with Crippen LogP contribution >= 0.6 is 0 Å². The van der Waals surface area contributed by atoms with E-state index in [0.29, 0.717) is 18.4 Å². The van der Waals surface area contributed by atoms with Crippen molar-refractivity contribution in [3.05, 3.63) is 83.3 Å². The third-order valence-electron chi connectivity index (χ3n) is 3.67. The summed E-state index contributed by atoms with van der Waals surface area (Å²) >= 11 is 0. The molecule has 0 fully saturated rings. The van der Waals surface area contributed by atoms with Crippen molar-refractivity contribution < 1.29 is 13.6 Å². The van der Waals surface area contributed by atoms with E-state index in [4.69, 9.17) is 0 Å². The number of anilines is 2. The van der Waals surface area contributed by atoms with Gasteiger partial charge in [-0.2, -0.15) is 0 Å². The average molecular weight is 354 g/mol. The van der Waals surface area contributed by atoms with Crippen LogP contribution in [0.5, 0.6) is 0 Å². The highest BCUT2D eigenvalue weighted by atomic mass is 19.1. The van der Waals surface area contributed by atoms with Crippen LogP contribution in [0.1, 0.15) is 21.6 Å². The molecule has 1 heterocycles. The smallest absolute Gasteiger partial charge is 0.274 e. The molecule has 0 unspecified atom stereocenters. The van der Waals surface area contributed by atoms with E-state index in [1.54, 1.807) is 0 Å². The van der Waals surface area contributed by atoms with Crippen molar-refractivity contribution in [3.63, 3.8) is 0 Å². The molecule has 5 nitrogen and oxygen atoms in total. The summed E-state index contributed by atoms with van der Waals surface area (Å²) in [6.07, 6.45) is 1.24. The van der Waals surface area contributed by atoms with E-state index < -0.39 is 17.5 Å². The van der Waals surface area contributed by atoms with Gasteiger partial charge in [-0.25, -0.2) is 18.7 Å². The lowest BCUT2D eigenvalue weighted by Crippen LogP contribution is -2.15. The average Bonchev–Trinajstić information content (AvgIpc) is 2.64. The van der Waals surface area contributed by atoms with E-state index in [-0.39, 0.29) is 11.4 Å². The van der Waals surface area contributed by atoms with Gasteiger partial charge in [-0.1, -0.05) is 29.8 Å². The molecule has 2 N–H and O–H groups in total. The summed E-state index contributed by atoms with van der Waals surface area (Å²) < 4.78 is 26.6. The fraction of sp³-hybridized carbons (Fsp3) is 0.105. The van der Waals surface area contributed by atoms with Crippen molar-refractivity contribution >= 4 is 17.4 Å². The maximum atomic E-state index is 13.6. The van der Waals surface area contributed by atoms with E-state index >= 15 is 0 Å². The Morgan fingerprint density at radius 1 is 1.04 bits per heavy atom. The number of nitrogens with zero attached hydrogens (tertiary/aromatic N) is 2. The van der Waals surface area contributed by atoms with E-state index in [9.17, 15) is 13.6 Å². The van der Waals surface area contributed by atoms with Crippen LogP contribution in [0.3, 0.4) is 0 Å².